The van der Waals surface area contributed by atoms with Gasteiger partial charge in [0.2, 0.25) is 17.6 Å². The minimum atomic E-state index is -1.16. The summed E-state index contributed by atoms with van der Waals surface area (Å²) < 4.78 is 5.40. The Morgan fingerprint density at radius 2 is 1.44 bits per heavy atom. The van der Waals surface area contributed by atoms with E-state index in [0.717, 1.165) is 21.9 Å². The molecular formula is C40H51N3O7. The summed E-state index contributed by atoms with van der Waals surface area (Å²) in [6.45, 7) is 7.07. The third-order valence-electron chi connectivity index (χ3n) is 8.81. The van der Waals surface area contributed by atoms with E-state index >= 15 is 0 Å². The van der Waals surface area contributed by atoms with E-state index in [2.05, 4.69) is 10.6 Å². The highest BCUT2D eigenvalue weighted by atomic mass is 16.5. The lowest BCUT2D eigenvalue weighted by molar-refractivity contribution is -0.149. The van der Waals surface area contributed by atoms with E-state index < -0.39 is 59.7 Å². The highest BCUT2D eigenvalue weighted by molar-refractivity contribution is 6.38. The molecule has 0 radical (unpaired) electrons. The highest BCUT2D eigenvalue weighted by Crippen LogP contribution is 2.22. The molecule has 0 saturated heterocycles. The van der Waals surface area contributed by atoms with Gasteiger partial charge in [0, 0.05) is 32.4 Å². The van der Waals surface area contributed by atoms with E-state index in [9.17, 15) is 28.8 Å². The molecule has 0 aliphatic heterocycles. The van der Waals surface area contributed by atoms with Crippen molar-refractivity contribution >= 4 is 46.0 Å². The van der Waals surface area contributed by atoms with Gasteiger partial charge in [0.15, 0.2) is 5.78 Å². The molecule has 268 valence electrons. The maximum atomic E-state index is 13.5. The van der Waals surface area contributed by atoms with Crippen LogP contribution in [0.1, 0.15) is 64.5 Å². The second kappa shape index (κ2) is 19.4. The van der Waals surface area contributed by atoms with E-state index in [4.69, 9.17) is 4.74 Å². The molecular weight excluding hydrogens is 634 g/mol. The lowest BCUT2D eigenvalue weighted by Gasteiger charge is -2.26. The first kappa shape index (κ1) is 39.6. The number of nitrogens with one attached hydrogen (secondary N) is 2. The van der Waals surface area contributed by atoms with Crippen LogP contribution in [0.2, 0.25) is 0 Å². The van der Waals surface area contributed by atoms with Gasteiger partial charge in [-0.25, -0.2) is 0 Å². The van der Waals surface area contributed by atoms with Gasteiger partial charge in [-0.2, -0.15) is 0 Å². The molecule has 0 heterocycles. The summed E-state index contributed by atoms with van der Waals surface area (Å²) in [5.74, 6) is -5.31. The standard InChI is InChI=1S/C40H51N3O7/c1-7-27(4)36(42-38(47)32(19-26(2)3)23-35(45)50-25-28-13-9-8-10-14-28)37(46)39(48)41-24-34(44)22-33(40(49)43(5)6)21-29-17-18-30-15-11-12-16-31(30)20-29/h8-18,20,26-27,32-33,36H,7,19,21-25H2,1-6H3,(H,41,48)(H,42,47)/t27-,32+,33+,36?/m0/s1. The normalized spacial score (nSPS) is 13.5. The van der Waals surface area contributed by atoms with E-state index in [1.165, 1.54) is 4.90 Å². The molecule has 0 saturated carbocycles. The summed E-state index contributed by atoms with van der Waals surface area (Å²) >= 11 is 0. The number of hydrogen-bond acceptors (Lipinski definition) is 7. The number of benzene rings is 3. The van der Waals surface area contributed by atoms with Crippen LogP contribution in [0.4, 0.5) is 0 Å². The van der Waals surface area contributed by atoms with E-state index in [-0.39, 0.29) is 31.3 Å². The Hall–Kier alpha value is -4.86. The Balaban J connectivity index is 1.62. The first-order chi connectivity index (χ1) is 23.8. The van der Waals surface area contributed by atoms with Crippen LogP contribution in [0, 0.1) is 23.7 Å². The van der Waals surface area contributed by atoms with Crippen LogP contribution in [0.25, 0.3) is 10.8 Å². The molecule has 3 amide bonds. The van der Waals surface area contributed by atoms with Crippen molar-refractivity contribution in [3.05, 3.63) is 83.9 Å². The van der Waals surface area contributed by atoms with Gasteiger partial charge in [-0.15, -0.1) is 0 Å². The molecule has 2 N–H and O–H groups in total. The van der Waals surface area contributed by atoms with Gasteiger partial charge in [-0.3, -0.25) is 28.8 Å². The van der Waals surface area contributed by atoms with Crippen molar-refractivity contribution in [3.63, 3.8) is 0 Å². The quantitative estimate of drug-likeness (QED) is 0.133. The van der Waals surface area contributed by atoms with Crippen molar-refractivity contribution in [2.75, 3.05) is 20.6 Å². The predicted molar refractivity (Wildman–Crippen MR) is 193 cm³/mol. The second-order valence-electron chi connectivity index (χ2n) is 13.7. The number of rotatable bonds is 19. The van der Waals surface area contributed by atoms with Crippen LogP contribution in [0.15, 0.2) is 72.8 Å². The number of carbonyl (C=O) groups is 6. The fourth-order valence-electron chi connectivity index (χ4n) is 5.84. The number of ketones is 2. The summed E-state index contributed by atoms with van der Waals surface area (Å²) in [4.78, 5) is 80.2. The monoisotopic (exact) mass is 685 g/mol. The van der Waals surface area contributed by atoms with Crippen LogP contribution in [0.3, 0.4) is 0 Å². The van der Waals surface area contributed by atoms with Gasteiger partial charge in [0.1, 0.15) is 6.61 Å². The minimum Gasteiger partial charge on any atom is -0.461 e. The fraction of sp³-hybridized carbons (Fsp3) is 0.450. The first-order valence-electron chi connectivity index (χ1n) is 17.3. The Kier molecular flexibility index (Phi) is 15.3. The van der Waals surface area contributed by atoms with E-state index in [0.29, 0.717) is 19.3 Å². The number of esters is 1. The van der Waals surface area contributed by atoms with Crippen molar-refractivity contribution in [1.82, 2.24) is 15.5 Å². The molecule has 1 unspecified atom stereocenters. The maximum Gasteiger partial charge on any atom is 0.306 e. The van der Waals surface area contributed by atoms with Gasteiger partial charge < -0.3 is 20.3 Å². The van der Waals surface area contributed by atoms with Crippen molar-refractivity contribution in [2.24, 2.45) is 23.7 Å². The Labute approximate surface area is 295 Å². The largest absolute Gasteiger partial charge is 0.461 e. The molecule has 0 bridgehead atoms. The van der Waals surface area contributed by atoms with Gasteiger partial charge in [-0.05, 0) is 46.6 Å². The summed E-state index contributed by atoms with van der Waals surface area (Å²) in [6, 6.07) is 21.8. The van der Waals surface area contributed by atoms with Gasteiger partial charge >= 0.3 is 5.97 Å². The molecule has 50 heavy (non-hydrogen) atoms. The number of amides is 3. The van der Waals surface area contributed by atoms with Gasteiger partial charge in [0.25, 0.3) is 5.91 Å². The molecule has 0 fully saturated rings. The number of hydrogen-bond donors (Lipinski definition) is 2. The molecule has 0 spiro atoms. The molecule has 3 rings (SSSR count). The topological polar surface area (TPSA) is 139 Å². The van der Waals surface area contributed by atoms with Crippen molar-refractivity contribution in [1.29, 1.82) is 0 Å². The predicted octanol–water partition coefficient (Wildman–Crippen LogP) is 5.06. The van der Waals surface area contributed by atoms with Gasteiger partial charge in [-0.1, -0.05) is 107 Å². The maximum absolute atomic E-state index is 13.5. The molecule has 10 heteroatoms. The zero-order chi connectivity index (χ0) is 36.8. The Morgan fingerprint density at radius 3 is 2.08 bits per heavy atom. The SMILES string of the molecule is CC[C@H](C)C(NC(=O)[C@@H](CC(=O)OCc1ccccc1)CC(C)C)C(=O)C(=O)NCC(=O)C[C@@H](Cc1ccc2ccccc2c1)C(=O)N(C)C. The third kappa shape index (κ3) is 12.2. The number of Topliss-reactive ketones (excluding diaryl/α,β-unsaturated/α-hetero) is 2. The zero-order valence-corrected chi connectivity index (χ0v) is 30.1. The van der Waals surface area contributed by atoms with Crippen molar-refractivity contribution in [2.45, 2.75) is 72.4 Å². The lowest BCUT2D eigenvalue weighted by Crippen LogP contribution is -2.52. The van der Waals surface area contributed by atoms with Crippen LogP contribution < -0.4 is 10.6 Å². The molecule has 3 aromatic rings. The number of ether oxygens (including phenoxy) is 1. The molecule has 0 aliphatic carbocycles. The van der Waals surface area contributed by atoms with Crippen molar-refractivity contribution in [3.8, 4) is 0 Å². The highest BCUT2D eigenvalue weighted by Gasteiger charge is 2.34. The fourth-order valence-corrected chi connectivity index (χ4v) is 5.84. The van der Waals surface area contributed by atoms with Crippen LogP contribution in [0.5, 0.6) is 0 Å². The number of nitrogens with zero attached hydrogens (tertiary/aromatic N) is 1. The average Bonchev–Trinajstić information content (AvgIpc) is 3.10. The van der Waals surface area contributed by atoms with Crippen LogP contribution in [-0.4, -0.2) is 66.8 Å². The first-order valence-corrected chi connectivity index (χ1v) is 17.3. The summed E-state index contributed by atoms with van der Waals surface area (Å²) in [5, 5.41) is 7.24. The van der Waals surface area contributed by atoms with Crippen LogP contribution in [-0.2, 0) is 46.5 Å². The Bertz CT molecular complexity index is 1640. The lowest BCUT2D eigenvalue weighted by atomic mass is 9.90. The molecule has 3 aromatic carbocycles. The number of fused-ring (bicyclic) bond motifs is 1. The third-order valence-corrected chi connectivity index (χ3v) is 8.81. The summed E-state index contributed by atoms with van der Waals surface area (Å²) in [5.41, 5.74) is 1.73. The summed E-state index contributed by atoms with van der Waals surface area (Å²) in [6.07, 6.45) is 0.895. The summed E-state index contributed by atoms with van der Waals surface area (Å²) in [7, 11) is 3.26. The van der Waals surface area contributed by atoms with Crippen LogP contribution >= 0.6 is 0 Å². The molecule has 4 atom stereocenters. The second-order valence-corrected chi connectivity index (χ2v) is 13.7. The zero-order valence-electron chi connectivity index (χ0n) is 30.1. The molecule has 0 aromatic heterocycles. The average molecular weight is 686 g/mol. The van der Waals surface area contributed by atoms with Gasteiger partial charge in [0.05, 0.1) is 19.0 Å². The molecule has 10 nitrogen and oxygen atoms in total. The molecule has 0 aliphatic rings. The minimum absolute atomic E-state index is 0.0733. The van der Waals surface area contributed by atoms with Crippen molar-refractivity contribution < 1.29 is 33.5 Å². The number of carbonyl (C=O) groups excluding carboxylic acids is 6. The van der Waals surface area contributed by atoms with E-state index in [1.807, 2.05) is 93.6 Å². The Morgan fingerprint density at radius 1 is 0.780 bits per heavy atom. The smallest absolute Gasteiger partial charge is 0.306 e. The van der Waals surface area contributed by atoms with E-state index in [1.54, 1.807) is 21.0 Å².